The Labute approximate surface area is 172 Å². The second-order valence-corrected chi connectivity index (χ2v) is 10.00. The first kappa shape index (κ1) is 19.4. The minimum atomic E-state index is -2.30. The molecule has 0 bridgehead atoms. The van der Waals surface area contributed by atoms with Crippen molar-refractivity contribution >= 4 is 28.6 Å². The van der Waals surface area contributed by atoms with Crippen LogP contribution in [0.2, 0.25) is 0 Å². The van der Waals surface area contributed by atoms with Crippen LogP contribution >= 0.6 is 7.26 Å². The van der Waals surface area contributed by atoms with Gasteiger partial charge in [-0.1, -0.05) is 61.5 Å². The molecule has 0 radical (unpaired) electrons. The van der Waals surface area contributed by atoms with E-state index in [0.717, 1.165) is 11.9 Å². The lowest BCUT2D eigenvalue weighted by Crippen LogP contribution is -2.39. The average molecular weight is 402 g/mol. The molecule has 0 atom stereocenters. The Hall–Kier alpha value is -2.90. The second kappa shape index (κ2) is 8.63. The molecule has 146 valence electrons. The van der Waals surface area contributed by atoms with E-state index >= 15 is 0 Å². The summed E-state index contributed by atoms with van der Waals surface area (Å²) >= 11 is 0. The van der Waals surface area contributed by atoms with E-state index in [2.05, 4.69) is 97.9 Å². The maximum Gasteiger partial charge on any atom is 0.352 e. The second-order valence-electron chi connectivity index (χ2n) is 6.68. The first-order chi connectivity index (χ1) is 14.3. The van der Waals surface area contributed by atoms with Gasteiger partial charge >= 0.3 is 5.95 Å². The number of hydrogen-bond donors (Lipinski definition) is 0. The Morgan fingerprint density at radius 3 is 1.55 bits per heavy atom. The largest absolute Gasteiger partial charge is 0.461 e. The van der Waals surface area contributed by atoms with E-state index in [9.17, 15) is 0 Å². The zero-order chi connectivity index (χ0) is 20.1. The Balaban J connectivity index is 2.14. The lowest BCUT2D eigenvalue weighted by atomic mass is 10.4. The smallest absolute Gasteiger partial charge is 0.352 e. The summed E-state index contributed by atoms with van der Waals surface area (Å²) < 4.78 is 12.1. The van der Waals surface area contributed by atoms with E-state index < -0.39 is 7.26 Å². The third-order valence-electron chi connectivity index (χ3n) is 4.95. The molecule has 0 saturated carbocycles. The van der Waals surface area contributed by atoms with E-state index in [-0.39, 0.29) is 0 Å². The van der Waals surface area contributed by atoms with Gasteiger partial charge in [0.05, 0.1) is 6.61 Å². The monoisotopic (exact) mass is 402 g/mol. The van der Waals surface area contributed by atoms with Crippen LogP contribution in [0.15, 0.2) is 95.4 Å². The highest BCUT2D eigenvalue weighted by molar-refractivity contribution is 8.01. The van der Waals surface area contributed by atoms with Gasteiger partial charge in [0.25, 0.3) is 5.44 Å². The number of aromatic nitrogens is 1. The molecule has 0 saturated heterocycles. The molecule has 0 aliphatic carbocycles. The molecule has 4 rings (SSSR count). The molecule has 0 aliphatic rings. The molecule has 3 nitrogen and oxygen atoms in total. The van der Waals surface area contributed by atoms with Crippen LogP contribution in [0.3, 0.4) is 0 Å². The highest BCUT2D eigenvalue weighted by Crippen LogP contribution is 2.55. The predicted molar refractivity (Wildman–Crippen MR) is 122 cm³/mol. The molecule has 29 heavy (non-hydrogen) atoms. The Morgan fingerprint density at radius 2 is 1.17 bits per heavy atom. The SMILES string of the molecule is CCOc1oc(CC)nc1[P+](c1ccccc1)(c1ccccc1)c1ccccc1. The van der Waals surface area contributed by atoms with Gasteiger partial charge in [-0.2, -0.15) is 4.98 Å². The minimum Gasteiger partial charge on any atom is -0.461 e. The first-order valence-corrected chi connectivity index (χ1v) is 11.8. The van der Waals surface area contributed by atoms with Crippen LogP contribution in [0.25, 0.3) is 0 Å². The van der Waals surface area contributed by atoms with Crippen molar-refractivity contribution in [3.05, 3.63) is 96.9 Å². The molecule has 1 heterocycles. The summed E-state index contributed by atoms with van der Waals surface area (Å²) in [4.78, 5) is 5.01. The average Bonchev–Trinajstić information content (AvgIpc) is 3.20. The molecule has 0 unspecified atom stereocenters. The Kier molecular flexibility index (Phi) is 5.78. The molecule has 0 N–H and O–H groups in total. The summed E-state index contributed by atoms with van der Waals surface area (Å²) in [6.07, 6.45) is 0.721. The maximum absolute atomic E-state index is 6.07. The van der Waals surface area contributed by atoms with Gasteiger partial charge in [0.1, 0.15) is 15.9 Å². The summed E-state index contributed by atoms with van der Waals surface area (Å²) in [5.74, 6) is 1.24. The zero-order valence-corrected chi connectivity index (χ0v) is 17.7. The van der Waals surface area contributed by atoms with Crippen LogP contribution in [0.1, 0.15) is 19.7 Å². The van der Waals surface area contributed by atoms with Crippen molar-refractivity contribution in [1.82, 2.24) is 4.98 Å². The third kappa shape index (κ3) is 3.47. The minimum absolute atomic E-state index is 0.531. The molecule has 4 heteroatoms. The van der Waals surface area contributed by atoms with Crippen LogP contribution in [0.4, 0.5) is 0 Å². The van der Waals surface area contributed by atoms with Crippen molar-refractivity contribution in [2.24, 2.45) is 0 Å². The third-order valence-corrected chi connectivity index (χ3v) is 9.09. The number of aryl methyl sites for hydroxylation is 1. The number of nitrogens with zero attached hydrogens (tertiary/aromatic N) is 1. The summed E-state index contributed by atoms with van der Waals surface area (Å²) in [5, 5.41) is 3.69. The van der Waals surface area contributed by atoms with Gasteiger partial charge < -0.3 is 9.15 Å². The van der Waals surface area contributed by atoms with Crippen LogP contribution in [0.5, 0.6) is 5.95 Å². The first-order valence-electron chi connectivity index (χ1n) is 9.99. The molecular formula is C25H25NO2P+. The van der Waals surface area contributed by atoms with Crippen LogP contribution < -0.4 is 26.1 Å². The standard InChI is InChI=1S/C25H25NO2P/c1-3-23-26-24(25(28-23)27-4-2)29(20-14-8-5-9-15-20,21-16-10-6-11-17-21)22-18-12-7-13-19-22/h5-19H,3-4H2,1-2H3/q+1. The number of ether oxygens (including phenoxy) is 1. The van der Waals surface area contributed by atoms with Crippen molar-refractivity contribution in [2.75, 3.05) is 6.61 Å². The van der Waals surface area contributed by atoms with Crippen LogP contribution in [-0.2, 0) is 6.42 Å². The van der Waals surface area contributed by atoms with Gasteiger partial charge in [-0.3, -0.25) is 0 Å². The summed E-state index contributed by atoms with van der Waals surface area (Å²) in [5.41, 5.74) is 0.903. The van der Waals surface area contributed by atoms with Crippen molar-refractivity contribution in [2.45, 2.75) is 20.3 Å². The normalized spacial score (nSPS) is 11.4. The van der Waals surface area contributed by atoms with Gasteiger partial charge in [-0.15, -0.1) is 0 Å². The van der Waals surface area contributed by atoms with Gasteiger partial charge in [0.15, 0.2) is 7.26 Å². The van der Waals surface area contributed by atoms with Crippen molar-refractivity contribution in [1.29, 1.82) is 0 Å². The summed E-state index contributed by atoms with van der Waals surface area (Å²) in [6, 6.07) is 31.9. The number of oxazole rings is 1. The van der Waals surface area contributed by atoms with Gasteiger partial charge in [-0.05, 0) is 43.3 Å². The quantitative estimate of drug-likeness (QED) is 0.434. The lowest BCUT2D eigenvalue weighted by Gasteiger charge is -2.25. The molecule has 0 amide bonds. The lowest BCUT2D eigenvalue weighted by molar-refractivity contribution is 0.253. The Bertz CT molecular complexity index is 949. The van der Waals surface area contributed by atoms with E-state index in [1.54, 1.807) is 0 Å². The molecule has 0 aliphatic heterocycles. The van der Waals surface area contributed by atoms with Gasteiger partial charge in [-0.25, -0.2) is 0 Å². The molecule has 3 aromatic carbocycles. The molecule has 0 spiro atoms. The van der Waals surface area contributed by atoms with E-state index in [0.29, 0.717) is 18.4 Å². The highest BCUT2D eigenvalue weighted by Gasteiger charge is 2.53. The predicted octanol–water partition coefficient (Wildman–Crippen LogP) is 4.26. The van der Waals surface area contributed by atoms with E-state index in [1.807, 2.05) is 6.92 Å². The topological polar surface area (TPSA) is 35.3 Å². The number of hydrogen-bond acceptors (Lipinski definition) is 3. The highest BCUT2D eigenvalue weighted by atomic mass is 31.2. The molecule has 4 aromatic rings. The molecular weight excluding hydrogens is 377 g/mol. The summed E-state index contributed by atoms with van der Waals surface area (Å²) in [6.45, 7) is 4.56. The fourth-order valence-corrected chi connectivity index (χ4v) is 7.83. The van der Waals surface area contributed by atoms with Crippen LogP contribution in [0, 0.1) is 0 Å². The fourth-order valence-electron chi connectivity index (χ4n) is 3.70. The van der Waals surface area contributed by atoms with E-state index in [4.69, 9.17) is 14.1 Å². The fraction of sp³-hybridized carbons (Fsp3) is 0.160. The summed E-state index contributed by atoms with van der Waals surface area (Å²) in [7, 11) is -2.30. The van der Waals surface area contributed by atoms with E-state index in [1.165, 1.54) is 15.9 Å². The molecule has 1 aromatic heterocycles. The van der Waals surface area contributed by atoms with Crippen LogP contribution in [-0.4, -0.2) is 11.6 Å². The van der Waals surface area contributed by atoms with Crippen molar-refractivity contribution in [3.8, 4) is 5.95 Å². The Morgan fingerprint density at radius 1 is 0.724 bits per heavy atom. The number of rotatable bonds is 7. The zero-order valence-electron chi connectivity index (χ0n) is 16.8. The van der Waals surface area contributed by atoms with Crippen molar-refractivity contribution < 1.29 is 9.15 Å². The maximum atomic E-state index is 6.07. The molecule has 0 fully saturated rings. The van der Waals surface area contributed by atoms with Crippen molar-refractivity contribution in [3.63, 3.8) is 0 Å². The number of benzene rings is 3. The van der Waals surface area contributed by atoms with Gasteiger partial charge in [0, 0.05) is 6.42 Å². The van der Waals surface area contributed by atoms with Gasteiger partial charge in [0.2, 0.25) is 5.89 Å².